The van der Waals surface area contributed by atoms with Gasteiger partial charge in [0.25, 0.3) is 0 Å². The number of nitrogens with one attached hydrogen (secondary N) is 2. The molecule has 0 aromatic heterocycles. The third-order valence-electron chi connectivity index (χ3n) is 11.3. The molecule has 0 aromatic carbocycles. The van der Waals surface area contributed by atoms with Gasteiger partial charge in [-0.2, -0.15) is 0 Å². The highest BCUT2D eigenvalue weighted by molar-refractivity contribution is 4.82. The number of hydrogen-bond donors (Lipinski definition) is 2. The smallest absolute Gasteiger partial charge is 0.0701 e. The summed E-state index contributed by atoms with van der Waals surface area (Å²) in [5.74, 6) is 1.65. The molecule has 0 aliphatic rings. The third-order valence-corrected chi connectivity index (χ3v) is 11.3. The minimum Gasteiger partial charge on any atom is -0.379 e. The molecule has 0 saturated carbocycles. The van der Waals surface area contributed by atoms with Gasteiger partial charge in [-0.1, -0.05) is 120 Å². The molecule has 284 valence electrons. The van der Waals surface area contributed by atoms with Crippen molar-refractivity contribution in [3.63, 3.8) is 0 Å². The molecule has 0 aromatic rings. The quantitative estimate of drug-likeness (QED) is 0.0641. The minimum absolute atomic E-state index is 0.409. The second-order valence-corrected chi connectivity index (χ2v) is 15.1. The Kier molecular flexibility index (Phi) is 32.8. The first-order valence-corrected chi connectivity index (χ1v) is 21.1. The van der Waals surface area contributed by atoms with E-state index in [1.807, 2.05) is 0 Å². The van der Waals surface area contributed by atoms with Gasteiger partial charge in [-0.05, 0) is 100.0 Å². The van der Waals surface area contributed by atoms with Crippen LogP contribution in [0.2, 0.25) is 0 Å². The van der Waals surface area contributed by atoms with Crippen molar-refractivity contribution in [2.45, 2.75) is 184 Å². The lowest BCUT2D eigenvalue weighted by Gasteiger charge is -2.34. The molecule has 0 fully saturated rings. The summed E-state index contributed by atoms with van der Waals surface area (Å²) in [5, 5.41) is 7.80. The second-order valence-electron chi connectivity index (χ2n) is 15.1. The molecule has 4 atom stereocenters. The van der Waals surface area contributed by atoms with Crippen LogP contribution in [0.4, 0.5) is 0 Å². The summed E-state index contributed by atoms with van der Waals surface area (Å²) in [6.45, 7) is 27.8. The maximum atomic E-state index is 5.99. The first kappa shape index (κ1) is 46.8. The largest absolute Gasteiger partial charge is 0.379 e. The van der Waals surface area contributed by atoms with Crippen molar-refractivity contribution in [3.05, 3.63) is 0 Å². The Morgan fingerprint density at radius 2 is 0.766 bits per heavy atom. The summed E-state index contributed by atoms with van der Waals surface area (Å²) in [6, 6.07) is 0. The van der Waals surface area contributed by atoms with Gasteiger partial charge in [0.05, 0.1) is 26.4 Å². The van der Waals surface area contributed by atoms with Gasteiger partial charge in [0.1, 0.15) is 0 Å². The molecule has 0 saturated heterocycles. The Balaban J connectivity index is 4.22. The van der Waals surface area contributed by atoms with Crippen LogP contribution in [-0.2, 0) is 14.2 Å². The lowest BCUT2D eigenvalue weighted by molar-refractivity contribution is 0.00993. The fourth-order valence-electron chi connectivity index (χ4n) is 7.27. The van der Waals surface area contributed by atoms with E-state index in [2.05, 4.69) is 66.0 Å². The predicted molar refractivity (Wildman–Crippen MR) is 208 cm³/mol. The number of hydrogen-bond acceptors (Lipinski definition) is 5. The fraction of sp³-hybridized carbons (Fsp3) is 1.00. The molecule has 4 unspecified atom stereocenters. The fourth-order valence-corrected chi connectivity index (χ4v) is 7.27. The predicted octanol–water partition coefficient (Wildman–Crippen LogP) is 11.4. The first-order valence-electron chi connectivity index (χ1n) is 21.1. The highest BCUT2D eigenvalue weighted by atomic mass is 16.5. The normalized spacial score (nSPS) is 15.8. The zero-order valence-electron chi connectivity index (χ0n) is 33.6. The van der Waals surface area contributed by atoms with Gasteiger partial charge < -0.3 is 24.8 Å². The highest BCUT2D eigenvalue weighted by Crippen LogP contribution is 2.35. The van der Waals surface area contributed by atoms with Gasteiger partial charge in [-0.3, -0.25) is 0 Å². The molecule has 0 radical (unpaired) electrons. The van der Waals surface area contributed by atoms with E-state index in [4.69, 9.17) is 14.2 Å². The standard InChI is InChI=1S/C42H88N2O3/c1-9-17-23-39(13-5)35-43-37-41(15-7,25-19-11-3)27-21-29-45-31-33-47-34-32-46-30-22-28-42(16-8,26-20-12-4)38-44-36-40(14-6)24-18-10-2/h39-40,43-44H,9-38H2,1-8H3. The molecule has 5 nitrogen and oxygen atoms in total. The van der Waals surface area contributed by atoms with E-state index >= 15 is 0 Å². The van der Waals surface area contributed by atoms with Crippen LogP contribution in [0.3, 0.4) is 0 Å². The summed E-state index contributed by atoms with van der Waals surface area (Å²) >= 11 is 0. The molecule has 47 heavy (non-hydrogen) atoms. The summed E-state index contributed by atoms with van der Waals surface area (Å²) in [5.41, 5.74) is 0.817. The Labute approximate surface area is 296 Å². The molecular weight excluding hydrogens is 580 g/mol. The Bertz CT molecular complexity index is 583. The molecule has 0 bridgehead atoms. The summed E-state index contributed by atoms with van der Waals surface area (Å²) in [6.07, 6.45) is 25.8. The summed E-state index contributed by atoms with van der Waals surface area (Å²) in [4.78, 5) is 0. The molecule has 0 rings (SSSR count). The van der Waals surface area contributed by atoms with Crippen molar-refractivity contribution in [3.8, 4) is 0 Å². The molecule has 0 spiro atoms. The van der Waals surface area contributed by atoms with Gasteiger partial charge in [-0.25, -0.2) is 0 Å². The molecule has 0 aliphatic heterocycles. The zero-order chi connectivity index (χ0) is 34.9. The highest BCUT2D eigenvalue weighted by Gasteiger charge is 2.28. The zero-order valence-corrected chi connectivity index (χ0v) is 33.6. The van der Waals surface area contributed by atoms with E-state index < -0.39 is 0 Å². The molecule has 0 heterocycles. The van der Waals surface area contributed by atoms with Crippen molar-refractivity contribution in [1.29, 1.82) is 0 Å². The van der Waals surface area contributed by atoms with Crippen molar-refractivity contribution in [1.82, 2.24) is 10.6 Å². The van der Waals surface area contributed by atoms with Crippen LogP contribution in [0.5, 0.6) is 0 Å². The SMILES string of the molecule is CCCCC(CC)CNCC(CC)(CCCC)CCCOCCOCCOCCCC(CC)(CCCC)CNCC(CC)CCCC. The van der Waals surface area contributed by atoms with E-state index in [9.17, 15) is 0 Å². The lowest BCUT2D eigenvalue weighted by Crippen LogP contribution is -2.36. The first-order chi connectivity index (χ1) is 22.9. The average molecular weight is 669 g/mol. The van der Waals surface area contributed by atoms with Gasteiger partial charge >= 0.3 is 0 Å². The van der Waals surface area contributed by atoms with Crippen LogP contribution in [0, 0.1) is 22.7 Å². The number of unbranched alkanes of at least 4 members (excludes halogenated alkanes) is 4. The van der Waals surface area contributed by atoms with Crippen LogP contribution in [0.25, 0.3) is 0 Å². The Morgan fingerprint density at radius 3 is 1.09 bits per heavy atom. The Hall–Kier alpha value is -0.200. The van der Waals surface area contributed by atoms with Crippen molar-refractivity contribution in [2.75, 3.05) is 65.8 Å². The van der Waals surface area contributed by atoms with E-state index in [0.717, 1.165) is 51.0 Å². The summed E-state index contributed by atoms with van der Waals surface area (Å²) in [7, 11) is 0. The molecule has 0 amide bonds. The molecule has 5 heteroatoms. The monoisotopic (exact) mass is 669 g/mol. The van der Waals surface area contributed by atoms with Crippen LogP contribution < -0.4 is 10.6 Å². The van der Waals surface area contributed by atoms with Gasteiger partial charge in [0.15, 0.2) is 0 Å². The number of rotatable bonds is 38. The maximum Gasteiger partial charge on any atom is 0.0701 e. The van der Waals surface area contributed by atoms with E-state index in [1.54, 1.807) is 0 Å². The summed E-state index contributed by atoms with van der Waals surface area (Å²) < 4.78 is 17.8. The topological polar surface area (TPSA) is 51.8 Å². The Morgan fingerprint density at radius 1 is 0.426 bits per heavy atom. The molecular formula is C42H88N2O3. The minimum atomic E-state index is 0.409. The van der Waals surface area contributed by atoms with Crippen molar-refractivity contribution < 1.29 is 14.2 Å². The average Bonchev–Trinajstić information content (AvgIpc) is 3.10. The van der Waals surface area contributed by atoms with Crippen LogP contribution in [0.1, 0.15) is 184 Å². The van der Waals surface area contributed by atoms with E-state index in [0.29, 0.717) is 37.3 Å². The maximum absolute atomic E-state index is 5.99. The van der Waals surface area contributed by atoms with Crippen LogP contribution in [-0.4, -0.2) is 65.8 Å². The van der Waals surface area contributed by atoms with Crippen LogP contribution >= 0.6 is 0 Å². The second kappa shape index (κ2) is 33.0. The number of ether oxygens (including phenoxy) is 3. The van der Waals surface area contributed by atoms with Gasteiger partial charge in [0.2, 0.25) is 0 Å². The van der Waals surface area contributed by atoms with Crippen molar-refractivity contribution >= 4 is 0 Å². The third kappa shape index (κ3) is 24.6. The lowest BCUT2D eigenvalue weighted by atomic mass is 9.76. The van der Waals surface area contributed by atoms with Crippen molar-refractivity contribution in [2.24, 2.45) is 22.7 Å². The molecule has 2 N–H and O–H groups in total. The van der Waals surface area contributed by atoms with Gasteiger partial charge in [0, 0.05) is 26.3 Å². The molecule has 0 aliphatic carbocycles. The van der Waals surface area contributed by atoms with E-state index in [-0.39, 0.29) is 0 Å². The van der Waals surface area contributed by atoms with Gasteiger partial charge in [-0.15, -0.1) is 0 Å². The van der Waals surface area contributed by atoms with Crippen LogP contribution in [0.15, 0.2) is 0 Å². The van der Waals surface area contributed by atoms with E-state index in [1.165, 1.54) is 129 Å².